The minimum absolute atomic E-state index is 0.105. The number of benzene rings is 3. The highest BCUT2D eigenvalue weighted by Gasteiger charge is 2.23. The van der Waals surface area contributed by atoms with Gasteiger partial charge in [-0.25, -0.2) is 0 Å². The summed E-state index contributed by atoms with van der Waals surface area (Å²) in [7, 11) is 0. The molecule has 3 rings (SSSR count). The van der Waals surface area contributed by atoms with Gasteiger partial charge in [-0.3, -0.25) is 4.79 Å². The molecule has 1 atom stereocenters. The molecule has 0 saturated heterocycles. The van der Waals surface area contributed by atoms with Crippen LogP contribution in [0.25, 0.3) is 0 Å². The predicted molar refractivity (Wildman–Crippen MR) is 91.7 cm³/mol. The molecule has 3 heteroatoms. The maximum absolute atomic E-state index is 12.9. The summed E-state index contributed by atoms with van der Waals surface area (Å²) in [6.07, 6.45) is -0.735. The van der Waals surface area contributed by atoms with E-state index in [4.69, 9.17) is 10.00 Å². The second kappa shape index (κ2) is 7.26. The van der Waals surface area contributed by atoms with E-state index in [9.17, 15) is 4.79 Å². The fraction of sp³-hybridized carbons (Fsp3) is 0.0476. The summed E-state index contributed by atoms with van der Waals surface area (Å²) in [4.78, 5) is 12.9. The van der Waals surface area contributed by atoms with Crippen LogP contribution in [0, 0.1) is 11.3 Å². The first-order chi connectivity index (χ1) is 11.8. The molecule has 0 aliphatic carbocycles. The van der Waals surface area contributed by atoms with Crippen molar-refractivity contribution < 1.29 is 9.53 Å². The maximum Gasteiger partial charge on any atom is 0.207 e. The highest BCUT2D eigenvalue weighted by atomic mass is 16.5. The van der Waals surface area contributed by atoms with Gasteiger partial charge in [-0.1, -0.05) is 60.7 Å². The Morgan fingerprint density at radius 2 is 1.42 bits per heavy atom. The number of hydrogen-bond donors (Lipinski definition) is 0. The van der Waals surface area contributed by atoms with Gasteiger partial charge < -0.3 is 4.74 Å². The van der Waals surface area contributed by atoms with Crippen molar-refractivity contribution in [3.63, 3.8) is 0 Å². The minimum atomic E-state index is -0.735. The first-order valence-corrected chi connectivity index (χ1v) is 7.59. The summed E-state index contributed by atoms with van der Waals surface area (Å²) in [5.41, 5.74) is 1.93. The van der Waals surface area contributed by atoms with Crippen LogP contribution in [0.2, 0.25) is 0 Å². The van der Waals surface area contributed by atoms with Crippen molar-refractivity contribution in [2.24, 2.45) is 0 Å². The molecule has 0 N–H and O–H groups in total. The largest absolute Gasteiger partial charge is 0.478 e. The molecule has 0 amide bonds. The number of nitriles is 1. The van der Waals surface area contributed by atoms with Gasteiger partial charge >= 0.3 is 0 Å². The van der Waals surface area contributed by atoms with Crippen molar-refractivity contribution in [1.82, 2.24) is 0 Å². The number of carbonyl (C=O) groups is 1. The topological polar surface area (TPSA) is 50.1 Å². The van der Waals surface area contributed by atoms with E-state index in [0.29, 0.717) is 16.9 Å². The van der Waals surface area contributed by atoms with Crippen molar-refractivity contribution in [3.05, 3.63) is 102 Å². The lowest BCUT2D eigenvalue weighted by atomic mass is 10.00. The quantitative estimate of drug-likeness (QED) is 0.649. The van der Waals surface area contributed by atoms with E-state index in [-0.39, 0.29) is 5.78 Å². The Bertz CT molecular complexity index is 850. The van der Waals surface area contributed by atoms with Crippen molar-refractivity contribution in [2.45, 2.75) is 6.10 Å². The van der Waals surface area contributed by atoms with Gasteiger partial charge in [0.1, 0.15) is 5.75 Å². The summed E-state index contributed by atoms with van der Waals surface area (Å²) in [5.74, 6) is 0.443. The fourth-order valence-electron chi connectivity index (χ4n) is 2.40. The van der Waals surface area contributed by atoms with Crippen molar-refractivity contribution in [2.75, 3.05) is 0 Å². The van der Waals surface area contributed by atoms with E-state index in [1.54, 1.807) is 36.4 Å². The Kier molecular flexibility index (Phi) is 4.69. The molecule has 0 aromatic heterocycles. The van der Waals surface area contributed by atoms with Crippen molar-refractivity contribution >= 4 is 5.78 Å². The van der Waals surface area contributed by atoms with Crippen LogP contribution >= 0.6 is 0 Å². The van der Waals surface area contributed by atoms with Crippen LogP contribution in [0.4, 0.5) is 0 Å². The Morgan fingerprint density at radius 3 is 2.00 bits per heavy atom. The molecule has 24 heavy (non-hydrogen) atoms. The van der Waals surface area contributed by atoms with Crippen LogP contribution in [0.1, 0.15) is 27.6 Å². The Morgan fingerprint density at radius 1 is 0.833 bits per heavy atom. The van der Waals surface area contributed by atoms with Gasteiger partial charge in [0.25, 0.3) is 0 Å². The Balaban J connectivity index is 1.93. The van der Waals surface area contributed by atoms with Gasteiger partial charge in [0, 0.05) is 11.1 Å². The second-order valence-corrected chi connectivity index (χ2v) is 5.28. The normalized spacial score (nSPS) is 11.3. The molecule has 0 fully saturated rings. The molecule has 0 radical (unpaired) electrons. The smallest absolute Gasteiger partial charge is 0.207 e. The SMILES string of the molecule is N#Cc1ccc(O[C@H](C(=O)c2ccccc2)c2ccccc2)cc1. The van der Waals surface area contributed by atoms with Crippen LogP contribution in [0.3, 0.4) is 0 Å². The van der Waals surface area contributed by atoms with Crippen LogP contribution in [0.5, 0.6) is 5.75 Å². The molecule has 116 valence electrons. The lowest BCUT2D eigenvalue weighted by Crippen LogP contribution is -2.19. The predicted octanol–water partition coefficient (Wildman–Crippen LogP) is 4.56. The van der Waals surface area contributed by atoms with Gasteiger partial charge in [-0.2, -0.15) is 5.26 Å². The Hall–Kier alpha value is -3.38. The molecule has 3 aromatic carbocycles. The van der Waals surface area contributed by atoms with Gasteiger partial charge in [-0.15, -0.1) is 0 Å². The van der Waals surface area contributed by atoms with E-state index in [1.165, 1.54) is 0 Å². The number of carbonyl (C=O) groups excluding carboxylic acids is 1. The summed E-state index contributed by atoms with van der Waals surface area (Å²) >= 11 is 0. The van der Waals surface area contributed by atoms with E-state index < -0.39 is 6.10 Å². The van der Waals surface area contributed by atoms with Crippen LogP contribution in [-0.2, 0) is 0 Å². The molecule has 0 aliphatic rings. The third-order valence-electron chi connectivity index (χ3n) is 3.64. The van der Waals surface area contributed by atoms with E-state index in [2.05, 4.69) is 6.07 Å². The second-order valence-electron chi connectivity index (χ2n) is 5.28. The first-order valence-electron chi connectivity index (χ1n) is 7.59. The lowest BCUT2D eigenvalue weighted by molar-refractivity contribution is 0.0792. The molecular formula is C21H15NO2. The van der Waals surface area contributed by atoms with Gasteiger partial charge in [0.15, 0.2) is 6.10 Å². The average molecular weight is 313 g/mol. The summed E-state index contributed by atoms with van der Waals surface area (Å²) in [6, 6.07) is 27.3. The lowest BCUT2D eigenvalue weighted by Gasteiger charge is -2.18. The molecule has 0 unspecified atom stereocenters. The molecule has 0 spiro atoms. The highest BCUT2D eigenvalue weighted by molar-refractivity contribution is 6.00. The van der Waals surface area contributed by atoms with Crippen LogP contribution < -0.4 is 4.74 Å². The molecule has 3 nitrogen and oxygen atoms in total. The summed E-state index contributed by atoms with van der Waals surface area (Å²) < 4.78 is 5.96. The van der Waals surface area contributed by atoms with Crippen molar-refractivity contribution in [1.29, 1.82) is 5.26 Å². The van der Waals surface area contributed by atoms with E-state index in [0.717, 1.165) is 5.56 Å². The first kappa shape index (κ1) is 15.5. The number of rotatable bonds is 5. The standard InChI is InChI=1S/C21H15NO2/c22-15-16-11-13-19(14-12-16)24-21(18-9-5-2-6-10-18)20(23)17-7-3-1-4-8-17/h1-14,21H/t21-/m0/s1. The van der Waals surface area contributed by atoms with Crippen LogP contribution in [0.15, 0.2) is 84.9 Å². The van der Waals surface area contributed by atoms with Gasteiger partial charge in [-0.05, 0) is 24.3 Å². The van der Waals surface area contributed by atoms with Gasteiger partial charge in [0.05, 0.1) is 11.6 Å². The number of hydrogen-bond acceptors (Lipinski definition) is 3. The minimum Gasteiger partial charge on any atom is -0.478 e. The third kappa shape index (κ3) is 3.50. The number of nitrogens with zero attached hydrogens (tertiary/aromatic N) is 1. The summed E-state index contributed by atoms with van der Waals surface area (Å²) in [5, 5.41) is 8.88. The molecule has 0 bridgehead atoms. The molecular weight excluding hydrogens is 298 g/mol. The molecule has 0 heterocycles. The monoisotopic (exact) mass is 313 g/mol. The molecule has 0 aliphatic heterocycles. The zero-order valence-corrected chi connectivity index (χ0v) is 12.9. The zero-order chi connectivity index (χ0) is 16.8. The fourth-order valence-corrected chi connectivity index (χ4v) is 2.40. The third-order valence-corrected chi connectivity index (χ3v) is 3.64. The van der Waals surface area contributed by atoms with Gasteiger partial charge in [0.2, 0.25) is 5.78 Å². The summed E-state index contributed by atoms with van der Waals surface area (Å²) in [6.45, 7) is 0. The van der Waals surface area contributed by atoms with E-state index in [1.807, 2.05) is 48.5 Å². The molecule has 3 aromatic rings. The average Bonchev–Trinajstić information content (AvgIpc) is 2.67. The van der Waals surface area contributed by atoms with Crippen LogP contribution in [-0.4, -0.2) is 5.78 Å². The molecule has 0 saturated carbocycles. The number of ether oxygens (including phenoxy) is 1. The highest BCUT2D eigenvalue weighted by Crippen LogP contribution is 2.26. The van der Waals surface area contributed by atoms with Crippen molar-refractivity contribution in [3.8, 4) is 11.8 Å². The number of Topliss-reactive ketones (excluding diaryl/α,β-unsaturated/α-hetero) is 1. The number of ketones is 1. The Labute approximate surface area is 140 Å². The van der Waals surface area contributed by atoms with E-state index >= 15 is 0 Å². The maximum atomic E-state index is 12.9. The zero-order valence-electron chi connectivity index (χ0n) is 12.9.